The van der Waals surface area contributed by atoms with E-state index in [1.165, 1.54) is 0 Å². The van der Waals surface area contributed by atoms with Crippen LogP contribution in [0.5, 0.6) is 0 Å². The minimum atomic E-state index is -2.17. The molecule has 6 nitrogen and oxygen atoms in total. The Hall–Kier alpha value is -0.625. The summed E-state index contributed by atoms with van der Waals surface area (Å²) >= 11 is 0. The van der Waals surface area contributed by atoms with Gasteiger partial charge in [-0.1, -0.05) is 13.8 Å². The fraction of sp³-hybridized carbons (Fsp3) is 0.800. The van der Waals surface area contributed by atoms with Crippen molar-refractivity contribution in [1.82, 2.24) is 0 Å². The van der Waals surface area contributed by atoms with Gasteiger partial charge in [-0.05, 0) is 5.92 Å². The van der Waals surface area contributed by atoms with Crippen LogP contribution in [0, 0.1) is 5.92 Å². The van der Waals surface area contributed by atoms with Gasteiger partial charge in [0.1, 0.15) is 6.04 Å². The lowest BCUT2D eigenvalue weighted by Crippen LogP contribution is -2.34. The minimum Gasteiger partial charge on any atom is -0.480 e. The van der Waals surface area contributed by atoms with E-state index in [0.717, 1.165) is 0 Å². The third-order valence-electron chi connectivity index (χ3n) is 1.00. The van der Waals surface area contributed by atoms with Crippen LogP contribution in [0.25, 0.3) is 0 Å². The maximum absolute atomic E-state index is 10.0. The first-order chi connectivity index (χ1) is 5.29. The fourth-order valence-corrected chi connectivity index (χ4v) is 0.285. The molecule has 0 spiro atoms. The van der Waals surface area contributed by atoms with Gasteiger partial charge in [-0.25, -0.2) is 0 Å². The quantitative estimate of drug-likeness (QED) is 0.312. The fourth-order valence-electron chi connectivity index (χ4n) is 0.285. The van der Waals surface area contributed by atoms with Crippen LogP contribution >= 0.6 is 0 Å². The standard InChI is InChI=1S/C5H11NO2.BH3O3/c1-3(2)4(6)5(7)8;2-1(3)4/h3-4H,6H2,1-2H3,(H,7,8);2-4H. The smallest absolute Gasteiger partial charge is 0.480 e. The summed E-state index contributed by atoms with van der Waals surface area (Å²) in [4.78, 5) is 10.0. The van der Waals surface area contributed by atoms with Gasteiger partial charge < -0.3 is 25.9 Å². The van der Waals surface area contributed by atoms with Gasteiger partial charge in [0, 0.05) is 0 Å². The Balaban J connectivity index is 0. The van der Waals surface area contributed by atoms with E-state index in [-0.39, 0.29) is 5.92 Å². The second-order valence-electron chi connectivity index (χ2n) is 2.45. The van der Waals surface area contributed by atoms with Gasteiger partial charge in [-0.3, -0.25) is 4.79 Å². The molecule has 0 aromatic carbocycles. The van der Waals surface area contributed by atoms with E-state index in [9.17, 15) is 4.79 Å². The first-order valence-electron chi connectivity index (χ1n) is 3.31. The Labute approximate surface area is 70.8 Å². The Morgan fingerprint density at radius 1 is 1.33 bits per heavy atom. The summed E-state index contributed by atoms with van der Waals surface area (Å²) in [6, 6.07) is -0.713. The summed E-state index contributed by atoms with van der Waals surface area (Å²) in [5, 5.41) is 29.7. The zero-order chi connectivity index (χ0) is 10.3. The molecule has 1 unspecified atom stereocenters. The van der Waals surface area contributed by atoms with E-state index in [0.29, 0.717) is 0 Å². The molecule has 6 N–H and O–H groups in total. The number of carboxylic acids is 1. The maximum Gasteiger partial charge on any atom is 0.631 e. The molecular weight excluding hydrogens is 165 g/mol. The van der Waals surface area contributed by atoms with Gasteiger partial charge in [-0.2, -0.15) is 0 Å². The Morgan fingerprint density at radius 3 is 1.58 bits per heavy atom. The van der Waals surface area contributed by atoms with Crippen LogP contribution < -0.4 is 5.73 Å². The molecule has 0 heterocycles. The van der Waals surface area contributed by atoms with Crippen molar-refractivity contribution in [2.75, 3.05) is 0 Å². The third kappa shape index (κ3) is 12.1. The Kier molecular flexibility index (Phi) is 8.18. The third-order valence-corrected chi connectivity index (χ3v) is 1.00. The van der Waals surface area contributed by atoms with Crippen molar-refractivity contribution in [1.29, 1.82) is 0 Å². The first kappa shape index (κ1) is 13.9. The van der Waals surface area contributed by atoms with Crippen LogP contribution in [0.15, 0.2) is 0 Å². The van der Waals surface area contributed by atoms with Crippen LogP contribution in [0.2, 0.25) is 0 Å². The SMILES string of the molecule is CC(C)C(N)C(=O)O.OB(O)O. The van der Waals surface area contributed by atoms with Crippen molar-refractivity contribution in [3.63, 3.8) is 0 Å². The molecule has 0 rings (SSSR count). The van der Waals surface area contributed by atoms with Crippen LogP contribution in [0.3, 0.4) is 0 Å². The molecule has 0 saturated heterocycles. The molecule has 0 amide bonds. The highest BCUT2D eigenvalue weighted by atomic mass is 16.5. The van der Waals surface area contributed by atoms with E-state index >= 15 is 0 Å². The average Bonchev–Trinajstić information content (AvgIpc) is 1.84. The van der Waals surface area contributed by atoms with Crippen LogP contribution in [0.1, 0.15) is 13.8 Å². The number of hydrogen-bond donors (Lipinski definition) is 5. The molecule has 0 aromatic rings. The molecule has 7 heteroatoms. The molecular formula is C5H14BNO5. The molecule has 0 aliphatic rings. The van der Waals surface area contributed by atoms with Crippen molar-refractivity contribution in [3.8, 4) is 0 Å². The molecule has 0 aliphatic carbocycles. The summed E-state index contributed by atoms with van der Waals surface area (Å²) < 4.78 is 0. The summed E-state index contributed by atoms with van der Waals surface area (Å²) in [6.45, 7) is 3.55. The minimum absolute atomic E-state index is 0.0208. The molecule has 0 aromatic heterocycles. The number of nitrogens with two attached hydrogens (primary N) is 1. The number of carbonyl (C=O) groups is 1. The second-order valence-corrected chi connectivity index (χ2v) is 2.45. The Morgan fingerprint density at radius 2 is 1.58 bits per heavy atom. The predicted octanol–water partition coefficient (Wildman–Crippen LogP) is -2.00. The molecule has 0 fully saturated rings. The summed E-state index contributed by atoms with van der Waals surface area (Å²) in [5.74, 6) is -0.910. The van der Waals surface area contributed by atoms with Gasteiger partial charge in [-0.15, -0.1) is 0 Å². The highest BCUT2D eigenvalue weighted by Crippen LogP contribution is 1.96. The molecule has 1 atom stereocenters. The lowest BCUT2D eigenvalue weighted by Gasteiger charge is -2.07. The zero-order valence-corrected chi connectivity index (χ0v) is 7.01. The number of aliphatic carboxylic acids is 1. The average molecular weight is 179 g/mol. The topological polar surface area (TPSA) is 124 Å². The highest BCUT2D eigenvalue weighted by Gasteiger charge is 2.14. The Bertz CT molecular complexity index is 126. The monoisotopic (exact) mass is 179 g/mol. The number of hydrogen-bond acceptors (Lipinski definition) is 5. The largest absolute Gasteiger partial charge is 0.631 e. The van der Waals surface area contributed by atoms with E-state index in [1.54, 1.807) is 13.8 Å². The first-order valence-corrected chi connectivity index (χ1v) is 3.31. The molecule has 12 heavy (non-hydrogen) atoms. The second kappa shape index (κ2) is 7.05. The number of rotatable bonds is 2. The van der Waals surface area contributed by atoms with Gasteiger partial charge in [0.05, 0.1) is 0 Å². The lowest BCUT2D eigenvalue weighted by molar-refractivity contribution is -0.139. The van der Waals surface area contributed by atoms with Crippen molar-refractivity contribution in [2.24, 2.45) is 11.7 Å². The van der Waals surface area contributed by atoms with Crippen LogP contribution in [-0.2, 0) is 4.79 Å². The molecule has 0 bridgehead atoms. The predicted molar refractivity (Wildman–Crippen MR) is 42.9 cm³/mol. The van der Waals surface area contributed by atoms with Crippen LogP contribution in [0.4, 0.5) is 0 Å². The number of carboxylic acid groups (broad SMARTS) is 1. The normalized spacial score (nSPS) is 11.6. The summed E-state index contributed by atoms with van der Waals surface area (Å²) in [5.41, 5.74) is 5.16. The van der Waals surface area contributed by atoms with Gasteiger partial charge in [0.15, 0.2) is 0 Å². The molecule has 0 radical (unpaired) electrons. The van der Waals surface area contributed by atoms with Crippen molar-refractivity contribution >= 4 is 13.3 Å². The molecule has 72 valence electrons. The molecule has 0 aliphatic heterocycles. The maximum atomic E-state index is 10.0. The zero-order valence-electron chi connectivity index (χ0n) is 7.01. The van der Waals surface area contributed by atoms with Crippen LogP contribution in [-0.4, -0.2) is 39.5 Å². The molecule has 0 saturated carbocycles. The van der Waals surface area contributed by atoms with Gasteiger partial charge in [0.25, 0.3) is 0 Å². The lowest BCUT2D eigenvalue weighted by atomic mass is 10.1. The van der Waals surface area contributed by atoms with E-state index in [1.807, 2.05) is 0 Å². The van der Waals surface area contributed by atoms with Gasteiger partial charge >= 0.3 is 13.3 Å². The van der Waals surface area contributed by atoms with E-state index < -0.39 is 19.3 Å². The van der Waals surface area contributed by atoms with Gasteiger partial charge in [0.2, 0.25) is 0 Å². The summed E-state index contributed by atoms with van der Waals surface area (Å²) in [6.07, 6.45) is 0. The van der Waals surface area contributed by atoms with E-state index in [4.69, 9.17) is 25.9 Å². The van der Waals surface area contributed by atoms with Crippen molar-refractivity contribution < 1.29 is 25.0 Å². The van der Waals surface area contributed by atoms with Crippen molar-refractivity contribution in [3.05, 3.63) is 0 Å². The highest BCUT2D eigenvalue weighted by molar-refractivity contribution is 6.30. The summed E-state index contributed by atoms with van der Waals surface area (Å²) in [7, 11) is -2.17. The van der Waals surface area contributed by atoms with E-state index in [2.05, 4.69) is 0 Å². The van der Waals surface area contributed by atoms with Crippen molar-refractivity contribution in [2.45, 2.75) is 19.9 Å².